The third-order valence-corrected chi connectivity index (χ3v) is 5.19. The Morgan fingerprint density at radius 2 is 1.90 bits per heavy atom. The molecular formula is C18H21NOS. The highest BCUT2D eigenvalue weighted by molar-refractivity contribution is 7.10. The van der Waals surface area contributed by atoms with E-state index in [9.17, 15) is 4.79 Å². The summed E-state index contributed by atoms with van der Waals surface area (Å²) in [4.78, 5) is 13.7. The fourth-order valence-corrected chi connectivity index (χ4v) is 3.78. The average Bonchev–Trinajstić information content (AvgIpc) is 3.19. The summed E-state index contributed by atoms with van der Waals surface area (Å²) in [6, 6.07) is 12.6. The maximum Gasteiger partial charge on any atom is 0.223 e. The zero-order valence-corrected chi connectivity index (χ0v) is 13.2. The van der Waals surface area contributed by atoms with Crippen molar-refractivity contribution < 1.29 is 4.79 Å². The van der Waals surface area contributed by atoms with Crippen LogP contribution in [0.1, 0.15) is 47.7 Å². The summed E-state index contributed by atoms with van der Waals surface area (Å²) in [6.45, 7) is 2.08. The van der Waals surface area contributed by atoms with Crippen molar-refractivity contribution in [1.82, 2.24) is 5.32 Å². The second-order valence-electron chi connectivity index (χ2n) is 5.85. The van der Waals surface area contributed by atoms with E-state index in [0.717, 1.165) is 18.4 Å². The molecule has 0 bridgehead atoms. The molecule has 1 atom stereocenters. The van der Waals surface area contributed by atoms with E-state index in [-0.39, 0.29) is 17.9 Å². The second kappa shape index (κ2) is 6.44. The number of carbonyl (C=O) groups is 1. The summed E-state index contributed by atoms with van der Waals surface area (Å²) in [5.74, 6) is 0.421. The van der Waals surface area contributed by atoms with Crippen molar-refractivity contribution >= 4 is 17.2 Å². The minimum absolute atomic E-state index is 0.0151. The van der Waals surface area contributed by atoms with E-state index >= 15 is 0 Å². The van der Waals surface area contributed by atoms with Crippen molar-refractivity contribution in [3.63, 3.8) is 0 Å². The van der Waals surface area contributed by atoms with Gasteiger partial charge < -0.3 is 5.32 Å². The Morgan fingerprint density at radius 3 is 2.52 bits per heavy atom. The fourth-order valence-electron chi connectivity index (χ4n) is 2.98. The number of rotatable bonds is 4. The van der Waals surface area contributed by atoms with Crippen LogP contribution in [0.2, 0.25) is 0 Å². The first-order valence-corrected chi connectivity index (χ1v) is 8.52. The summed E-state index contributed by atoms with van der Waals surface area (Å²) in [5.41, 5.74) is 2.40. The Labute approximate surface area is 130 Å². The van der Waals surface area contributed by atoms with Crippen LogP contribution >= 0.6 is 11.3 Å². The highest BCUT2D eigenvalue weighted by atomic mass is 32.1. The molecule has 1 saturated carbocycles. The Bertz CT molecular complexity index is 582. The lowest BCUT2D eigenvalue weighted by Gasteiger charge is -2.20. The van der Waals surface area contributed by atoms with Gasteiger partial charge in [0.05, 0.1) is 6.04 Å². The summed E-state index contributed by atoms with van der Waals surface area (Å²) in [7, 11) is 0. The van der Waals surface area contributed by atoms with Crippen molar-refractivity contribution in [2.24, 2.45) is 5.92 Å². The van der Waals surface area contributed by atoms with Crippen molar-refractivity contribution in [2.45, 2.75) is 38.6 Å². The molecule has 1 aromatic heterocycles. The van der Waals surface area contributed by atoms with Gasteiger partial charge in [-0.15, -0.1) is 11.3 Å². The number of aryl methyl sites for hydroxylation is 1. The van der Waals surface area contributed by atoms with Crippen molar-refractivity contribution in [3.8, 4) is 0 Å². The van der Waals surface area contributed by atoms with Crippen LogP contribution in [-0.4, -0.2) is 5.91 Å². The predicted molar refractivity (Wildman–Crippen MR) is 87.4 cm³/mol. The number of carbonyl (C=O) groups excluding carboxylic acids is 1. The highest BCUT2D eigenvalue weighted by Gasteiger charge is 2.26. The smallest absolute Gasteiger partial charge is 0.223 e. The standard InChI is InChI=1S/C18H21NOS/c1-13-8-10-14(11-9-13)17(16-7-4-12-21-16)19-18(20)15-5-2-3-6-15/h4,7-12,15,17H,2-3,5-6H2,1H3,(H,19,20)/t17-/m0/s1. The molecule has 1 amide bonds. The van der Waals surface area contributed by atoms with Gasteiger partial charge >= 0.3 is 0 Å². The topological polar surface area (TPSA) is 29.1 Å². The van der Waals surface area contributed by atoms with Crippen molar-refractivity contribution in [2.75, 3.05) is 0 Å². The first-order chi connectivity index (χ1) is 10.2. The monoisotopic (exact) mass is 299 g/mol. The molecule has 0 aliphatic heterocycles. The van der Waals surface area contributed by atoms with E-state index in [2.05, 4.69) is 48.0 Å². The molecular weight excluding hydrogens is 278 g/mol. The first kappa shape index (κ1) is 14.3. The van der Waals surface area contributed by atoms with Crippen molar-refractivity contribution in [3.05, 3.63) is 57.8 Å². The summed E-state index contributed by atoms with van der Waals surface area (Å²) >= 11 is 1.70. The molecule has 1 heterocycles. The van der Waals surface area contributed by atoms with Gasteiger partial charge in [-0.2, -0.15) is 0 Å². The van der Waals surface area contributed by atoms with Crippen LogP contribution < -0.4 is 5.32 Å². The zero-order chi connectivity index (χ0) is 14.7. The maximum atomic E-state index is 12.5. The lowest BCUT2D eigenvalue weighted by molar-refractivity contribution is -0.125. The van der Waals surface area contributed by atoms with Crippen LogP contribution in [0.4, 0.5) is 0 Å². The Hall–Kier alpha value is -1.61. The van der Waals surface area contributed by atoms with Crippen molar-refractivity contribution in [1.29, 1.82) is 0 Å². The molecule has 2 aromatic rings. The molecule has 1 aliphatic carbocycles. The van der Waals surface area contributed by atoms with Gasteiger partial charge in [0, 0.05) is 10.8 Å². The van der Waals surface area contributed by atoms with Gasteiger partial charge in [-0.25, -0.2) is 0 Å². The van der Waals surface area contributed by atoms with Crippen LogP contribution in [0.15, 0.2) is 41.8 Å². The van der Waals surface area contributed by atoms with Gasteiger partial charge in [-0.1, -0.05) is 48.7 Å². The number of hydrogen-bond acceptors (Lipinski definition) is 2. The maximum absolute atomic E-state index is 12.5. The molecule has 21 heavy (non-hydrogen) atoms. The number of hydrogen-bond donors (Lipinski definition) is 1. The molecule has 1 fully saturated rings. The Balaban J connectivity index is 1.82. The molecule has 1 aromatic carbocycles. The van der Waals surface area contributed by atoms with Crippen LogP contribution in [-0.2, 0) is 4.79 Å². The van der Waals surface area contributed by atoms with Gasteiger partial charge in [0.1, 0.15) is 0 Å². The number of nitrogens with one attached hydrogen (secondary N) is 1. The van der Waals surface area contributed by atoms with Crippen LogP contribution in [0, 0.1) is 12.8 Å². The minimum Gasteiger partial charge on any atom is -0.344 e. The van der Waals surface area contributed by atoms with Gasteiger partial charge in [-0.05, 0) is 36.8 Å². The molecule has 0 unspecified atom stereocenters. The quantitative estimate of drug-likeness (QED) is 0.887. The normalized spacial score (nSPS) is 16.8. The summed E-state index contributed by atoms with van der Waals surface area (Å²) in [6.07, 6.45) is 4.45. The number of thiophene rings is 1. The van der Waals surface area contributed by atoms with E-state index in [1.807, 2.05) is 6.07 Å². The molecule has 0 radical (unpaired) electrons. The molecule has 3 heteroatoms. The first-order valence-electron chi connectivity index (χ1n) is 7.64. The molecule has 0 spiro atoms. The summed E-state index contributed by atoms with van der Waals surface area (Å²) < 4.78 is 0. The van der Waals surface area contributed by atoms with E-state index in [4.69, 9.17) is 0 Å². The number of benzene rings is 1. The molecule has 1 N–H and O–H groups in total. The van der Waals surface area contributed by atoms with Crippen LogP contribution in [0.3, 0.4) is 0 Å². The third kappa shape index (κ3) is 3.35. The highest BCUT2D eigenvalue weighted by Crippen LogP contribution is 2.29. The second-order valence-corrected chi connectivity index (χ2v) is 6.83. The number of amides is 1. The summed E-state index contributed by atoms with van der Waals surface area (Å²) in [5, 5.41) is 5.34. The van der Waals surface area contributed by atoms with Gasteiger partial charge in [0.2, 0.25) is 5.91 Å². The lowest BCUT2D eigenvalue weighted by Crippen LogP contribution is -2.33. The molecule has 3 rings (SSSR count). The third-order valence-electron chi connectivity index (χ3n) is 4.25. The van der Waals surface area contributed by atoms with Crippen LogP contribution in [0.5, 0.6) is 0 Å². The van der Waals surface area contributed by atoms with Gasteiger partial charge in [0.15, 0.2) is 0 Å². The molecule has 0 saturated heterocycles. The zero-order valence-electron chi connectivity index (χ0n) is 12.3. The van der Waals surface area contributed by atoms with E-state index < -0.39 is 0 Å². The van der Waals surface area contributed by atoms with E-state index in [1.165, 1.54) is 23.3 Å². The molecule has 2 nitrogen and oxygen atoms in total. The Kier molecular flexibility index (Phi) is 4.39. The SMILES string of the molecule is Cc1ccc([C@H](NC(=O)C2CCCC2)c2cccs2)cc1. The largest absolute Gasteiger partial charge is 0.344 e. The molecule has 110 valence electrons. The van der Waals surface area contributed by atoms with Gasteiger partial charge in [0.25, 0.3) is 0 Å². The predicted octanol–water partition coefficient (Wildman–Crippen LogP) is 4.45. The van der Waals surface area contributed by atoms with Crippen LogP contribution in [0.25, 0.3) is 0 Å². The van der Waals surface area contributed by atoms with Gasteiger partial charge in [-0.3, -0.25) is 4.79 Å². The molecule has 1 aliphatic rings. The lowest BCUT2D eigenvalue weighted by atomic mass is 10.0. The van der Waals surface area contributed by atoms with E-state index in [0.29, 0.717) is 0 Å². The average molecular weight is 299 g/mol. The van der Waals surface area contributed by atoms with E-state index in [1.54, 1.807) is 11.3 Å². The Morgan fingerprint density at radius 1 is 1.19 bits per heavy atom. The fraction of sp³-hybridized carbons (Fsp3) is 0.389. The minimum atomic E-state index is -0.0151.